The molecule has 102 valence electrons. The summed E-state index contributed by atoms with van der Waals surface area (Å²) in [5, 5.41) is 3.20. The number of nitrogens with one attached hydrogen (secondary N) is 1. The highest BCUT2D eigenvalue weighted by Crippen LogP contribution is 2.38. The molecule has 1 saturated heterocycles. The third kappa shape index (κ3) is 2.26. The van der Waals surface area contributed by atoms with Crippen LogP contribution in [0.15, 0.2) is 22.6 Å². The van der Waals surface area contributed by atoms with Gasteiger partial charge in [0, 0.05) is 12.3 Å². The number of ether oxygens (including phenoxy) is 1. The number of benzene rings is 1. The summed E-state index contributed by atoms with van der Waals surface area (Å²) < 4.78 is 11.1. The second-order valence-corrected chi connectivity index (χ2v) is 5.40. The SMILES string of the molecule is CNCCCC1(c2ccc3nc(C)oc3c2)COC1. The lowest BCUT2D eigenvalue weighted by atomic mass is 9.75. The molecule has 1 N–H and O–H groups in total. The van der Waals surface area contributed by atoms with E-state index in [2.05, 4.69) is 28.5 Å². The first-order valence-electron chi connectivity index (χ1n) is 6.84. The first kappa shape index (κ1) is 12.6. The molecule has 1 fully saturated rings. The van der Waals surface area contributed by atoms with Crippen molar-refractivity contribution in [2.24, 2.45) is 0 Å². The summed E-state index contributed by atoms with van der Waals surface area (Å²) in [5.41, 5.74) is 3.31. The van der Waals surface area contributed by atoms with Crippen LogP contribution in [0.5, 0.6) is 0 Å². The van der Waals surface area contributed by atoms with Crippen molar-refractivity contribution in [1.82, 2.24) is 10.3 Å². The number of oxazole rings is 1. The average Bonchev–Trinajstić information content (AvgIpc) is 2.71. The fraction of sp³-hybridized carbons (Fsp3) is 0.533. The Bertz CT molecular complexity index is 573. The Morgan fingerprint density at radius 2 is 2.21 bits per heavy atom. The molecule has 0 bridgehead atoms. The van der Waals surface area contributed by atoms with Gasteiger partial charge in [0.1, 0.15) is 5.52 Å². The first-order chi connectivity index (χ1) is 9.23. The van der Waals surface area contributed by atoms with Gasteiger partial charge in [-0.25, -0.2) is 4.98 Å². The van der Waals surface area contributed by atoms with Crippen LogP contribution < -0.4 is 5.32 Å². The Hall–Kier alpha value is -1.39. The molecule has 4 nitrogen and oxygen atoms in total. The van der Waals surface area contributed by atoms with Crippen molar-refractivity contribution < 1.29 is 9.15 Å². The van der Waals surface area contributed by atoms with Gasteiger partial charge in [-0.3, -0.25) is 0 Å². The molecule has 0 unspecified atom stereocenters. The van der Waals surface area contributed by atoms with Gasteiger partial charge in [0.05, 0.1) is 13.2 Å². The largest absolute Gasteiger partial charge is 0.441 e. The van der Waals surface area contributed by atoms with Crippen molar-refractivity contribution in [2.45, 2.75) is 25.2 Å². The van der Waals surface area contributed by atoms with E-state index >= 15 is 0 Å². The zero-order valence-corrected chi connectivity index (χ0v) is 11.5. The van der Waals surface area contributed by atoms with E-state index in [1.807, 2.05) is 14.0 Å². The van der Waals surface area contributed by atoms with Crippen molar-refractivity contribution in [2.75, 3.05) is 26.8 Å². The van der Waals surface area contributed by atoms with E-state index < -0.39 is 0 Å². The minimum atomic E-state index is 0.172. The predicted octanol–water partition coefficient (Wildman–Crippen LogP) is 2.40. The van der Waals surface area contributed by atoms with E-state index in [4.69, 9.17) is 9.15 Å². The standard InChI is InChI=1S/C15H20N2O2/c1-11-17-13-5-4-12(8-14(13)19-11)15(9-18-10-15)6-3-7-16-2/h4-5,8,16H,3,6-7,9-10H2,1-2H3. The maximum Gasteiger partial charge on any atom is 0.192 e. The molecule has 2 aromatic rings. The van der Waals surface area contributed by atoms with Crippen molar-refractivity contribution in [1.29, 1.82) is 0 Å². The molecule has 0 radical (unpaired) electrons. The van der Waals surface area contributed by atoms with Crippen LogP contribution in [0.1, 0.15) is 24.3 Å². The summed E-state index contributed by atoms with van der Waals surface area (Å²) >= 11 is 0. The van der Waals surface area contributed by atoms with E-state index in [0.29, 0.717) is 0 Å². The molecule has 0 aliphatic carbocycles. The Morgan fingerprint density at radius 3 is 2.89 bits per heavy atom. The third-order valence-electron chi connectivity index (χ3n) is 3.95. The van der Waals surface area contributed by atoms with Gasteiger partial charge in [0.25, 0.3) is 0 Å². The number of aryl methyl sites for hydroxylation is 1. The van der Waals surface area contributed by atoms with Crippen LogP contribution in [-0.4, -0.2) is 31.8 Å². The maximum atomic E-state index is 5.63. The van der Waals surface area contributed by atoms with Gasteiger partial charge in [-0.05, 0) is 44.1 Å². The molecule has 0 atom stereocenters. The van der Waals surface area contributed by atoms with Gasteiger partial charge >= 0.3 is 0 Å². The molecule has 1 aliphatic rings. The van der Waals surface area contributed by atoms with E-state index in [-0.39, 0.29) is 5.41 Å². The highest BCUT2D eigenvalue weighted by molar-refractivity contribution is 5.73. The molecule has 0 saturated carbocycles. The summed E-state index contributed by atoms with van der Waals surface area (Å²) in [6.07, 6.45) is 2.31. The van der Waals surface area contributed by atoms with Gasteiger partial charge < -0.3 is 14.5 Å². The van der Waals surface area contributed by atoms with E-state index in [1.54, 1.807) is 0 Å². The summed E-state index contributed by atoms with van der Waals surface area (Å²) in [4.78, 5) is 4.35. The van der Waals surface area contributed by atoms with E-state index in [1.165, 1.54) is 5.56 Å². The lowest BCUT2D eigenvalue weighted by Crippen LogP contribution is -2.47. The zero-order valence-electron chi connectivity index (χ0n) is 11.5. The van der Waals surface area contributed by atoms with Crippen LogP contribution in [0, 0.1) is 6.92 Å². The fourth-order valence-electron chi connectivity index (χ4n) is 2.78. The molecule has 0 spiro atoms. The van der Waals surface area contributed by atoms with Gasteiger partial charge in [-0.1, -0.05) is 6.07 Å². The summed E-state index contributed by atoms with van der Waals surface area (Å²) in [6.45, 7) is 4.56. The molecular weight excluding hydrogens is 240 g/mol. The predicted molar refractivity (Wildman–Crippen MR) is 74.4 cm³/mol. The monoisotopic (exact) mass is 260 g/mol. The van der Waals surface area contributed by atoms with Crippen LogP contribution >= 0.6 is 0 Å². The Labute approximate surface area is 113 Å². The number of nitrogens with zero attached hydrogens (tertiary/aromatic N) is 1. The van der Waals surface area contributed by atoms with Gasteiger partial charge in [0.15, 0.2) is 11.5 Å². The molecule has 1 aromatic heterocycles. The minimum absolute atomic E-state index is 0.172. The fourth-order valence-corrected chi connectivity index (χ4v) is 2.78. The lowest BCUT2D eigenvalue weighted by molar-refractivity contribution is -0.0650. The van der Waals surface area contributed by atoms with E-state index in [9.17, 15) is 0 Å². The molecule has 1 aliphatic heterocycles. The molecule has 2 heterocycles. The number of rotatable bonds is 5. The number of hydrogen-bond acceptors (Lipinski definition) is 4. The quantitative estimate of drug-likeness (QED) is 0.839. The Kier molecular flexibility index (Phi) is 3.29. The van der Waals surface area contributed by atoms with Crippen LogP contribution in [0.25, 0.3) is 11.1 Å². The summed E-state index contributed by atoms with van der Waals surface area (Å²) in [5.74, 6) is 0.723. The summed E-state index contributed by atoms with van der Waals surface area (Å²) in [7, 11) is 1.99. The normalized spacial score (nSPS) is 17.6. The average molecular weight is 260 g/mol. The summed E-state index contributed by atoms with van der Waals surface area (Å²) in [6, 6.07) is 6.36. The van der Waals surface area contributed by atoms with Crippen molar-refractivity contribution in [3.8, 4) is 0 Å². The first-order valence-corrected chi connectivity index (χ1v) is 6.84. The highest BCUT2D eigenvalue weighted by atomic mass is 16.5. The number of fused-ring (bicyclic) bond motifs is 1. The van der Waals surface area contributed by atoms with Gasteiger partial charge in [0.2, 0.25) is 0 Å². The second kappa shape index (κ2) is 4.94. The molecule has 4 heteroatoms. The number of aromatic nitrogens is 1. The van der Waals surface area contributed by atoms with Crippen LogP contribution in [-0.2, 0) is 10.2 Å². The zero-order chi connectivity index (χ0) is 13.3. The Morgan fingerprint density at radius 1 is 1.37 bits per heavy atom. The maximum absolute atomic E-state index is 5.63. The van der Waals surface area contributed by atoms with Crippen molar-refractivity contribution >= 4 is 11.1 Å². The topological polar surface area (TPSA) is 47.3 Å². The van der Waals surface area contributed by atoms with Crippen molar-refractivity contribution in [3.05, 3.63) is 29.7 Å². The van der Waals surface area contributed by atoms with Gasteiger partial charge in [-0.15, -0.1) is 0 Å². The van der Waals surface area contributed by atoms with Crippen LogP contribution in [0.3, 0.4) is 0 Å². The smallest absolute Gasteiger partial charge is 0.192 e. The molecule has 3 rings (SSSR count). The third-order valence-corrected chi connectivity index (χ3v) is 3.95. The molecule has 0 amide bonds. The second-order valence-electron chi connectivity index (χ2n) is 5.40. The van der Waals surface area contributed by atoms with Crippen molar-refractivity contribution in [3.63, 3.8) is 0 Å². The molecule has 19 heavy (non-hydrogen) atoms. The molecular formula is C15H20N2O2. The number of hydrogen-bond donors (Lipinski definition) is 1. The Balaban J connectivity index is 1.87. The van der Waals surface area contributed by atoms with Crippen LogP contribution in [0.2, 0.25) is 0 Å². The minimum Gasteiger partial charge on any atom is -0.441 e. The highest BCUT2D eigenvalue weighted by Gasteiger charge is 2.39. The van der Waals surface area contributed by atoms with Gasteiger partial charge in [-0.2, -0.15) is 0 Å². The lowest BCUT2D eigenvalue weighted by Gasteiger charge is -2.42. The van der Waals surface area contributed by atoms with Crippen LogP contribution in [0.4, 0.5) is 0 Å². The molecule has 1 aromatic carbocycles. The van der Waals surface area contributed by atoms with E-state index in [0.717, 1.165) is 49.6 Å².